The monoisotopic (exact) mass is 464 g/mol. The first kappa shape index (κ1) is 25.0. The Hall–Kier alpha value is -3.65. The maximum absolute atomic E-state index is 12.2. The molecule has 180 valence electrons. The Morgan fingerprint density at radius 2 is 1.79 bits per heavy atom. The molecule has 8 heteroatoms. The highest BCUT2D eigenvalue weighted by molar-refractivity contribution is 5.86. The summed E-state index contributed by atoms with van der Waals surface area (Å²) in [7, 11) is 0. The summed E-state index contributed by atoms with van der Waals surface area (Å²) in [5.74, 6) is -0.833. The number of hydrogen-bond donors (Lipinski definition) is 3. The number of nitrogens with zero attached hydrogens (tertiary/aromatic N) is 2. The zero-order chi connectivity index (χ0) is 24.7. The van der Waals surface area contributed by atoms with Gasteiger partial charge in [-0.25, -0.2) is 4.79 Å². The number of ether oxygens (including phenoxy) is 1. The Kier molecular flexibility index (Phi) is 8.43. The fraction of sp³-hybridized carbons (Fsp3) is 0.346. The first-order valence-corrected chi connectivity index (χ1v) is 11.5. The lowest BCUT2D eigenvalue weighted by atomic mass is 10.1. The van der Waals surface area contributed by atoms with Crippen molar-refractivity contribution in [2.45, 2.75) is 40.2 Å². The minimum absolute atomic E-state index is 0.169. The lowest BCUT2D eigenvalue weighted by Crippen LogP contribution is -2.34. The summed E-state index contributed by atoms with van der Waals surface area (Å²) in [6.07, 6.45) is 0.282. The molecule has 1 aliphatic rings. The summed E-state index contributed by atoms with van der Waals surface area (Å²) >= 11 is 0. The normalized spacial score (nSPS) is 12.3. The summed E-state index contributed by atoms with van der Waals surface area (Å²) in [5.41, 5.74) is 7.56. The van der Waals surface area contributed by atoms with E-state index >= 15 is 0 Å². The van der Waals surface area contributed by atoms with E-state index in [2.05, 4.69) is 58.5 Å². The van der Waals surface area contributed by atoms with Crippen molar-refractivity contribution in [3.05, 3.63) is 59.7 Å². The van der Waals surface area contributed by atoms with Crippen LogP contribution in [-0.2, 0) is 16.0 Å². The average molecular weight is 465 g/mol. The number of nitrogens with one attached hydrogen (secondary N) is 2. The van der Waals surface area contributed by atoms with Crippen LogP contribution in [0.3, 0.4) is 0 Å². The van der Waals surface area contributed by atoms with Gasteiger partial charge in [-0.2, -0.15) is 5.10 Å². The molecule has 0 fully saturated rings. The molecule has 1 amide bonds. The predicted molar refractivity (Wildman–Crippen MR) is 133 cm³/mol. The van der Waals surface area contributed by atoms with Crippen molar-refractivity contribution in [3.63, 3.8) is 0 Å². The molecule has 2 aromatic carbocycles. The molecule has 0 spiro atoms. The Bertz CT molecular complexity index is 1120. The molecule has 4 rings (SSSR count). The van der Waals surface area contributed by atoms with Gasteiger partial charge in [0.1, 0.15) is 6.10 Å². The molecule has 1 unspecified atom stereocenters. The summed E-state index contributed by atoms with van der Waals surface area (Å²) < 4.78 is 5.48. The van der Waals surface area contributed by atoms with Crippen molar-refractivity contribution >= 4 is 17.7 Å². The zero-order valence-corrected chi connectivity index (χ0v) is 20.1. The molecule has 1 heterocycles. The van der Waals surface area contributed by atoms with Crippen molar-refractivity contribution in [1.29, 1.82) is 0 Å². The van der Waals surface area contributed by atoms with Crippen LogP contribution >= 0.6 is 0 Å². The standard InChI is InChI=1S/C24H28N4O2.C2H4O2/c1-4-28(5-2)15-16(3)30-24(29)25-19-12-10-17(11-13-19)22-21-14-18-8-6-7-9-20(18)23(21)27-26-22;1-2(3)4/h6-13,16H,4-5,14-15H2,1-3H3,(H,25,29)(H,26,27);1H3,(H,3,4). The van der Waals surface area contributed by atoms with Gasteiger partial charge in [-0.05, 0) is 37.7 Å². The van der Waals surface area contributed by atoms with Crippen LogP contribution in [0.15, 0.2) is 48.5 Å². The Morgan fingerprint density at radius 1 is 1.15 bits per heavy atom. The second-order valence-electron chi connectivity index (χ2n) is 8.18. The summed E-state index contributed by atoms with van der Waals surface area (Å²) in [4.78, 5) is 23.4. The molecule has 3 N–H and O–H groups in total. The topological polar surface area (TPSA) is 108 Å². The number of benzene rings is 2. The summed E-state index contributed by atoms with van der Waals surface area (Å²) in [6, 6.07) is 16.1. The van der Waals surface area contributed by atoms with Crippen LogP contribution in [0.4, 0.5) is 10.5 Å². The van der Waals surface area contributed by atoms with Crippen LogP contribution in [-0.4, -0.2) is 58.0 Å². The summed E-state index contributed by atoms with van der Waals surface area (Å²) in [5, 5.41) is 18.0. The van der Waals surface area contributed by atoms with E-state index in [0.29, 0.717) is 5.69 Å². The average Bonchev–Trinajstić information content (AvgIpc) is 3.37. The van der Waals surface area contributed by atoms with Gasteiger partial charge < -0.3 is 14.7 Å². The van der Waals surface area contributed by atoms with E-state index in [0.717, 1.165) is 49.9 Å². The van der Waals surface area contributed by atoms with Crippen LogP contribution < -0.4 is 5.32 Å². The van der Waals surface area contributed by atoms with Gasteiger partial charge in [0, 0.05) is 42.3 Å². The third kappa shape index (κ3) is 6.23. The smallest absolute Gasteiger partial charge is 0.411 e. The van der Waals surface area contributed by atoms with Gasteiger partial charge in [-0.3, -0.25) is 15.2 Å². The van der Waals surface area contributed by atoms with Crippen molar-refractivity contribution in [2.24, 2.45) is 0 Å². The molecule has 1 aliphatic carbocycles. The van der Waals surface area contributed by atoms with Crippen LogP contribution in [0.1, 0.15) is 38.8 Å². The van der Waals surface area contributed by atoms with Gasteiger partial charge >= 0.3 is 6.09 Å². The number of carboxylic acid groups (broad SMARTS) is 1. The number of likely N-dealkylation sites (N-methyl/N-ethyl adjacent to an activating group) is 1. The number of H-pyrrole nitrogens is 1. The molecule has 0 radical (unpaired) electrons. The van der Waals surface area contributed by atoms with E-state index in [1.807, 2.05) is 31.2 Å². The molecule has 0 saturated heterocycles. The van der Waals surface area contributed by atoms with Gasteiger partial charge in [0.15, 0.2) is 0 Å². The zero-order valence-electron chi connectivity index (χ0n) is 20.1. The number of aliphatic carboxylic acids is 1. The van der Waals surface area contributed by atoms with Gasteiger partial charge in [0.05, 0.1) is 11.4 Å². The molecule has 0 bridgehead atoms. The fourth-order valence-electron chi connectivity index (χ4n) is 4.03. The third-order valence-corrected chi connectivity index (χ3v) is 5.64. The molecule has 34 heavy (non-hydrogen) atoms. The lowest BCUT2D eigenvalue weighted by molar-refractivity contribution is -0.134. The first-order valence-electron chi connectivity index (χ1n) is 11.5. The van der Waals surface area contributed by atoms with Crippen molar-refractivity contribution in [3.8, 4) is 22.5 Å². The second kappa shape index (κ2) is 11.5. The molecule has 3 aromatic rings. The maximum atomic E-state index is 12.2. The Balaban J connectivity index is 0.000000751. The van der Waals surface area contributed by atoms with E-state index in [9.17, 15) is 4.79 Å². The number of aromatic amines is 1. The SMILES string of the molecule is CC(=O)O.CCN(CC)CC(C)OC(=O)Nc1ccc(-c2n[nH]c3c2Cc2ccccc2-3)cc1. The van der Waals surface area contributed by atoms with Crippen LogP contribution in [0.5, 0.6) is 0 Å². The highest BCUT2D eigenvalue weighted by Crippen LogP contribution is 2.39. The Labute approximate surface area is 199 Å². The highest BCUT2D eigenvalue weighted by atomic mass is 16.6. The molecule has 8 nitrogen and oxygen atoms in total. The summed E-state index contributed by atoms with van der Waals surface area (Å²) in [6.45, 7) is 9.81. The maximum Gasteiger partial charge on any atom is 0.411 e. The van der Waals surface area contributed by atoms with E-state index in [1.54, 1.807) is 0 Å². The van der Waals surface area contributed by atoms with Gasteiger partial charge in [0.25, 0.3) is 5.97 Å². The molecule has 0 saturated carbocycles. The van der Waals surface area contributed by atoms with Crippen LogP contribution in [0.2, 0.25) is 0 Å². The number of amides is 1. The first-order chi connectivity index (χ1) is 16.3. The molecular formula is C26H32N4O4. The number of rotatable bonds is 7. The van der Waals surface area contributed by atoms with Gasteiger partial charge in [0.2, 0.25) is 0 Å². The minimum Gasteiger partial charge on any atom is -0.481 e. The van der Waals surface area contributed by atoms with E-state index in [4.69, 9.17) is 14.6 Å². The van der Waals surface area contributed by atoms with Gasteiger partial charge in [-0.15, -0.1) is 0 Å². The number of anilines is 1. The molecular weight excluding hydrogens is 432 g/mol. The largest absolute Gasteiger partial charge is 0.481 e. The fourth-order valence-corrected chi connectivity index (χ4v) is 4.03. The minimum atomic E-state index is -0.833. The van der Waals surface area contributed by atoms with E-state index < -0.39 is 12.1 Å². The van der Waals surface area contributed by atoms with Crippen LogP contribution in [0, 0.1) is 0 Å². The molecule has 1 atom stereocenters. The van der Waals surface area contributed by atoms with Crippen molar-refractivity contribution in [1.82, 2.24) is 15.1 Å². The number of aromatic nitrogens is 2. The lowest BCUT2D eigenvalue weighted by Gasteiger charge is -2.22. The third-order valence-electron chi connectivity index (χ3n) is 5.64. The van der Waals surface area contributed by atoms with Crippen molar-refractivity contribution < 1.29 is 19.4 Å². The molecule has 1 aromatic heterocycles. The second-order valence-corrected chi connectivity index (χ2v) is 8.18. The number of hydrogen-bond acceptors (Lipinski definition) is 5. The Morgan fingerprint density at radius 3 is 2.44 bits per heavy atom. The quantitative estimate of drug-likeness (QED) is 0.355. The van der Waals surface area contributed by atoms with E-state index in [-0.39, 0.29) is 6.10 Å². The van der Waals surface area contributed by atoms with Crippen molar-refractivity contribution in [2.75, 3.05) is 25.0 Å². The number of carbonyl (C=O) groups excluding carboxylic acids is 1. The van der Waals surface area contributed by atoms with Gasteiger partial charge in [-0.1, -0.05) is 50.2 Å². The number of fused-ring (bicyclic) bond motifs is 3. The highest BCUT2D eigenvalue weighted by Gasteiger charge is 2.24. The predicted octanol–water partition coefficient (Wildman–Crippen LogP) is 5.02. The number of carboxylic acids is 1. The number of carbonyl (C=O) groups is 2. The van der Waals surface area contributed by atoms with Crippen LogP contribution in [0.25, 0.3) is 22.5 Å². The van der Waals surface area contributed by atoms with E-state index in [1.165, 1.54) is 16.7 Å². The molecule has 0 aliphatic heterocycles.